The van der Waals surface area contributed by atoms with Crippen LogP contribution in [0.3, 0.4) is 0 Å². The highest BCUT2D eigenvalue weighted by Gasteiger charge is 2.21. The van der Waals surface area contributed by atoms with Gasteiger partial charge in [-0.2, -0.15) is 9.78 Å². The number of carbonyl (C=O) groups excluding carboxylic acids is 1. The summed E-state index contributed by atoms with van der Waals surface area (Å²) in [5, 5.41) is 7.62. The number of ether oxygens (including phenoxy) is 2. The summed E-state index contributed by atoms with van der Waals surface area (Å²) in [5.41, 5.74) is 0.734. The fraction of sp³-hybridized carbons (Fsp3) is 0.348. The summed E-state index contributed by atoms with van der Waals surface area (Å²) >= 11 is 0. The molecule has 1 N–H and O–H groups in total. The molecule has 0 unspecified atom stereocenters. The van der Waals surface area contributed by atoms with Gasteiger partial charge in [0.15, 0.2) is 5.82 Å². The van der Waals surface area contributed by atoms with Gasteiger partial charge in [0.2, 0.25) is 5.91 Å². The Bertz CT molecular complexity index is 960. The van der Waals surface area contributed by atoms with Crippen LogP contribution < -0.4 is 14.8 Å². The molecule has 0 aliphatic heterocycles. The second kappa shape index (κ2) is 9.43. The second-order valence-electron chi connectivity index (χ2n) is 7.94. The predicted octanol–water partition coefficient (Wildman–Crippen LogP) is 4.37. The molecule has 0 saturated carbocycles. The molecular weight excluding hydrogens is 380 g/mol. The fourth-order valence-corrected chi connectivity index (χ4v) is 2.79. The molecule has 0 atom stereocenters. The molecule has 0 bridgehead atoms. The molecule has 0 spiro atoms. The second-order valence-corrected chi connectivity index (χ2v) is 7.94. The molecule has 1 aromatic carbocycles. The van der Waals surface area contributed by atoms with Crippen LogP contribution in [0.25, 0.3) is 5.82 Å². The molecule has 1 amide bonds. The Labute approximate surface area is 177 Å². The number of methoxy groups -OCH3 is 1. The van der Waals surface area contributed by atoms with Crippen molar-refractivity contribution in [3.8, 4) is 17.3 Å². The number of nitrogens with one attached hydrogen (secondary N) is 1. The van der Waals surface area contributed by atoms with Crippen LogP contribution in [0.15, 0.2) is 54.7 Å². The lowest BCUT2D eigenvalue weighted by Crippen LogP contribution is -2.16. The van der Waals surface area contributed by atoms with Crippen LogP contribution >= 0.6 is 0 Å². The van der Waals surface area contributed by atoms with Crippen LogP contribution in [-0.2, 0) is 10.2 Å². The van der Waals surface area contributed by atoms with E-state index in [1.165, 1.54) is 0 Å². The molecule has 158 valence electrons. The Morgan fingerprint density at radius 1 is 1.10 bits per heavy atom. The molecule has 3 aromatic rings. The van der Waals surface area contributed by atoms with Crippen LogP contribution in [0.1, 0.15) is 39.3 Å². The molecule has 0 aliphatic carbocycles. The Morgan fingerprint density at radius 3 is 2.47 bits per heavy atom. The van der Waals surface area contributed by atoms with Gasteiger partial charge in [-0.1, -0.05) is 26.8 Å². The smallest absolute Gasteiger partial charge is 0.225 e. The number of benzene rings is 1. The van der Waals surface area contributed by atoms with Crippen molar-refractivity contribution in [2.45, 2.75) is 39.0 Å². The van der Waals surface area contributed by atoms with E-state index in [2.05, 4.69) is 36.2 Å². The molecule has 3 rings (SSSR count). The summed E-state index contributed by atoms with van der Waals surface area (Å²) in [6.45, 7) is 6.70. The van der Waals surface area contributed by atoms with Crippen LogP contribution in [0.2, 0.25) is 0 Å². The minimum Gasteiger partial charge on any atom is -0.497 e. The zero-order valence-electron chi connectivity index (χ0n) is 17.9. The van der Waals surface area contributed by atoms with E-state index in [9.17, 15) is 4.79 Å². The van der Waals surface area contributed by atoms with Gasteiger partial charge in [-0.15, -0.1) is 0 Å². The van der Waals surface area contributed by atoms with E-state index < -0.39 is 0 Å². The van der Waals surface area contributed by atoms with Crippen molar-refractivity contribution in [1.29, 1.82) is 0 Å². The largest absolute Gasteiger partial charge is 0.497 e. The van der Waals surface area contributed by atoms with Gasteiger partial charge < -0.3 is 14.8 Å². The molecule has 7 nitrogen and oxygen atoms in total. The van der Waals surface area contributed by atoms with Crippen molar-refractivity contribution in [1.82, 2.24) is 14.8 Å². The van der Waals surface area contributed by atoms with E-state index in [0.717, 1.165) is 17.2 Å². The van der Waals surface area contributed by atoms with Crippen LogP contribution in [-0.4, -0.2) is 34.4 Å². The lowest BCUT2D eigenvalue weighted by atomic mass is 9.92. The SMILES string of the molecule is COc1ccc(OCCCC(=O)Nc2cc(C(C)(C)C)nn2-c2ccccn2)cc1. The summed E-state index contributed by atoms with van der Waals surface area (Å²) in [4.78, 5) is 16.9. The van der Waals surface area contributed by atoms with Gasteiger partial charge in [-0.3, -0.25) is 4.79 Å². The summed E-state index contributed by atoms with van der Waals surface area (Å²) in [5.74, 6) is 2.71. The maximum atomic E-state index is 12.5. The van der Waals surface area contributed by atoms with Crippen molar-refractivity contribution < 1.29 is 14.3 Å². The van der Waals surface area contributed by atoms with Crippen molar-refractivity contribution >= 4 is 11.7 Å². The third-order valence-corrected chi connectivity index (χ3v) is 4.49. The quantitative estimate of drug-likeness (QED) is 0.560. The first-order valence-electron chi connectivity index (χ1n) is 9.95. The van der Waals surface area contributed by atoms with Crippen molar-refractivity contribution in [2.24, 2.45) is 0 Å². The zero-order chi connectivity index (χ0) is 21.6. The molecule has 0 radical (unpaired) electrons. The van der Waals surface area contributed by atoms with Crippen molar-refractivity contribution in [3.63, 3.8) is 0 Å². The van der Waals surface area contributed by atoms with Gasteiger partial charge in [-0.05, 0) is 42.8 Å². The van der Waals surface area contributed by atoms with Gasteiger partial charge in [0.25, 0.3) is 0 Å². The van der Waals surface area contributed by atoms with E-state index in [1.807, 2.05) is 48.5 Å². The molecule has 2 aromatic heterocycles. The van der Waals surface area contributed by atoms with Crippen LogP contribution in [0.5, 0.6) is 11.5 Å². The summed E-state index contributed by atoms with van der Waals surface area (Å²) in [7, 11) is 1.62. The minimum absolute atomic E-state index is 0.0918. The highest BCUT2D eigenvalue weighted by atomic mass is 16.5. The Kier molecular flexibility index (Phi) is 6.72. The number of amides is 1. The zero-order valence-corrected chi connectivity index (χ0v) is 17.9. The summed E-state index contributed by atoms with van der Waals surface area (Å²) in [6, 6.07) is 14.9. The number of carbonyl (C=O) groups is 1. The first kappa shape index (κ1) is 21.4. The van der Waals surface area contributed by atoms with E-state index in [-0.39, 0.29) is 11.3 Å². The lowest BCUT2D eigenvalue weighted by molar-refractivity contribution is -0.116. The molecule has 2 heterocycles. The highest BCUT2D eigenvalue weighted by molar-refractivity contribution is 5.90. The number of hydrogen-bond donors (Lipinski definition) is 1. The Hall–Kier alpha value is -3.35. The summed E-state index contributed by atoms with van der Waals surface area (Å²) in [6.07, 6.45) is 2.64. The van der Waals surface area contributed by atoms with Crippen molar-refractivity contribution in [3.05, 3.63) is 60.4 Å². The fourth-order valence-electron chi connectivity index (χ4n) is 2.79. The predicted molar refractivity (Wildman–Crippen MR) is 116 cm³/mol. The maximum Gasteiger partial charge on any atom is 0.225 e. The van der Waals surface area contributed by atoms with E-state index in [0.29, 0.717) is 31.1 Å². The molecule has 0 fully saturated rings. The van der Waals surface area contributed by atoms with Gasteiger partial charge in [0, 0.05) is 24.1 Å². The maximum absolute atomic E-state index is 12.5. The topological polar surface area (TPSA) is 78.3 Å². The third kappa shape index (κ3) is 5.59. The van der Waals surface area contributed by atoms with E-state index in [1.54, 1.807) is 18.0 Å². The number of pyridine rings is 1. The average Bonchev–Trinajstić information content (AvgIpc) is 3.16. The lowest BCUT2D eigenvalue weighted by Gasteiger charge is -2.13. The first-order chi connectivity index (χ1) is 14.4. The van der Waals surface area contributed by atoms with Crippen LogP contribution in [0, 0.1) is 0 Å². The molecule has 30 heavy (non-hydrogen) atoms. The average molecular weight is 409 g/mol. The monoisotopic (exact) mass is 408 g/mol. The van der Waals surface area contributed by atoms with Gasteiger partial charge in [0.05, 0.1) is 19.4 Å². The highest BCUT2D eigenvalue weighted by Crippen LogP contribution is 2.26. The Balaban J connectivity index is 1.59. The van der Waals surface area contributed by atoms with Crippen LogP contribution in [0.4, 0.5) is 5.82 Å². The van der Waals surface area contributed by atoms with Gasteiger partial charge in [-0.25, -0.2) is 4.98 Å². The van der Waals surface area contributed by atoms with E-state index in [4.69, 9.17) is 9.47 Å². The normalized spacial score (nSPS) is 11.2. The third-order valence-electron chi connectivity index (χ3n) is 4.49. The van der Waals surface area contributed by atoms with Gasteiger partial charge in [0.1, 0.15) is 17.3 Å². The number of nitrogens with zero attached hydrogens (tertiary/aromatic N) is 3. The molecular formula is C23H28N4O3. The number of anilines is 1. The molecule has 0 saturated heterocycles. The first-order valence-corrected chi connectivity index (χ1v) is 9.95. The number of hydrogen-bond acceptors (Lipinski definition) is 5. The molecule has 0 aliphatic rings. The van der Waals surface area contributed by atoms with E-state index >= 15 is 0 Å². The number of rotatable bonds is 8. The number of aromatic nitrogens is 3. The molecule has 7 heteroatoms. The van der Waals surface area contributed by atoms with Crippen molar-refractivity contribution in [2.75, 3.05) is 19.0 Å². The summed E-state index contributed by atoms with van der Waals surface area (Å²) < 4.78 is 12.5. The van der Waals surface area contributed by atoms with Gasteiger partial charge >= 0.3 is 0 Å². The standard InChI is InChI=1S/C23H28N4O3/c1-23(2,3)19-16-21(27(26-19)20-8-5-6-14-24-20)25-22(28)9-7-15-30-18-12-10-17(29-4)11-13-18/h5-6,8,10-14,16H,7,9,15H2,1-4H3,(H,25,28). The Morgan fingerprint density at radius 2 is 1.83 bits per heavy atom. The minimum atomic E-state index is -0.147.